The van der Waals surface area contributed by atoms with Crippen molar-refractivity contribution in [2.75, 3.05) is 13.2 Å². The van der Waals surface area contributed by atoms with Gasteiger partial charge >= 0.3 is 11.9 Å². The number of carbonyl (C=O) groups excluding carboxylic acids is 3. The Balaban J connectivity index is 1.52. The Morgan fingerprint density at radius 2 is 2.07 bits per heavy atom. The van der Waals surface area contributed by atoms with E-state index in [2.05, 4.69) is 13.5 Å². The summed E-state index contributed by atoms with van der Waals surface area (Å²) in [5.41, 5.74) is -1.05. The van der Waals surface area contributed by atoms with Crippen LogP contribution in [0.15, 0.2) is 12.2 Å². The fourth-order valence-electron chi connectivity index (χ4n) is 8.78. The number of carbonyl (C=O) groups is 3. The van der Waals surface area contributed by atoms with Crippen LogP contribution in [-0.4, -0.2) is 43.1 Å². The number of esters is 2. The quantitative estimate of drug-likeness (QED) is 0.402. The smallest absolute Gasteiger partial charge is 0.320 e. The van der Waals surface area contributed by atoms with Crippen molar-refractivity contribution in [1.29, 1.82) is 0 Å². The molecule has 2 aliphatic heterocycles. The summed E-state index contributed by atoms with van der Waals surface area (Å²) in [5.74, 6) is -0.221. The van der Waals surface area contributed by atoms with Crippen LogP contribution in [0.4, 0.5) is 0 Å². The molecule has 4 aliphatic carbocycles. The number of hydrogen-bond acceptors (Lipinski definition) is 6. The summed E-state index contributed by atoms with van der Waals surface area (Å²) in [6.07, 6.45) is 3.74. The zero-order valence-electron chi connectivity index (χ0n) is 17.1. The summed E-state index contributed by atoms with van der Waals surface area (Å²) in [6, 6.07) is 0. The Bertz CT molecular complexity index is 863. The number of fused-ring (bicyclic) bond motifs is 1. The van der Waals surface area contributed by atoms with E-state index in [0.29, 0.717) is 25.2 Å². The number of Topliss-reactive ketones (excluding diaryl/α,β-unsaturated/α-hetero) is 1. The number of ether oxygens (including phenoxy) is 3. The van der Waals surface area contributed by atoms with Crippen LogP contribution in [0.5, 0.6) is 0 Å². The van der Waals surface area contributed by atoms with E-state index < -0.39 is 5.41 Å². The number of ketones is 1. The van der Waals surface area contributed by atoms with E-state index in [9.17, 15) is 14.4 Å². The van der Waals surface area contributed by atoms with Gasteiger partial charge in [0.05, 0.1) is 19.3 Å². The molecule has 0 N–H and O–H groups in total. The summed E-state index contributed by atoms with van der Waals surface area (Å²) in [5, 5.41) is 0. The van der Waals surface area contributed by atoms with Gasteiger partial charge in [0.15, 0.2) is 5.78 Å². The van der Waals surface area contributed by atoms with E-state index >= 15 is 0 Å². The highest BCUT2D eigenvalue weighted by Gasteiger charge is 2.81. The highest BCUT2D eigenvalue weighted by molar-refractivity contribution is 6.15. The van der Waals surface area contributed by atoms with Crippen LogP contribution in [-0.2, 0) is 28.6 Å². The van der Waals surface area contributed by atoms with Gasteiger partial charge in [-0.3, -0.25) is 14.4 Å². The van der Waals surface area contributed by atoms with Crippen molar-refractivity contribution < 1.29 is 28.6 Å². The van der Waals surface area contributed by atoms with Gasteiger partial charge in [0.2, 0.25) is 0 Å². The van der Waals surface area contributed by atoms with Gasteiger partial charge in [-0.2, -0.15) is 0 Å². The second kappa shape index (κ2) is 5.32. The third-order valence-electron chi connectivity index (χ3n) is 9.51. The van der Waals surface area contributed by atoms with Crippen molar-refractivity contribution >= 4 is 17.7 Å². The predicted octanol–water partition coefficient (Wildman–Crippen LogP) is 2.45. The molecule has 0 unspecified atom stereocenters. The molecule has 0 aromatic carbocycles. The average Bonchev–Trinajstić information content (AvgIpc) is 3.08. The minimum atomic E-state index is -1.07. The van der Waals surface area contributed by atoms with Crippen molar-refractivity contribution in [3.8, 4) is 0 Å². The Labute approximate surface area is 170 Å². The first kappa shape index (κ1) is 18.1. The molecular formula is C23H28O6. The molecule has 0 aromatic heterocycles. The van der Waals surface area contributed by atoms with Gasteiger partial charge in [-0.15, -0.1) is 0 Å². The Hall–Kier alpha value is -1.69. The largest absolute Gasteiger partial charge is 0.465 e. The average molecular weight is 400 g/mol. The van der Waals surface area contributed by atoms with E-state index in [-0.39, 0.29) is 64.4 Å². The zero-order valence-corrected chi connectivity index (χ0v) is 17.1. The molecule has 0 amide bonds. The lowest BCUT2D eigenvalue weighted by molar-refractivity contribution is -0.255. The van der Waals surface area contributed by atoms with Gasteiger partial charge in [0.25, 0.3) is 0 Å². The molecule has 0 aromatic rings. The van der Waals surface area contributed by atoms with Crippen molar-refractivity contribution in [2.24, 2.45) is 39.9 Å². The van der Waals surface area contributed by atoms with Crippen molar-refractivity contribution in [1.82, 2.24) is 0 Å². The number of rotatable bonds is 2. The lowest BCUT2D eigenvalue weighted by Crippen LogP contribution is -2.72. The van der Waals surface area contributed by atoms with Crippen LogP contribution in [0.3, 0.4) is 0 Å². The molecule has 2 heterocycles. The molecule has 6 nitrogen and oxygen atoms in total. The van der Waals surface area contributed by atoms with Crippen LogP contribution in [0.25, 0.3) is 0 Å². The Morgan fingerprint density at radius 1 is 1.28 bits per heavy atom. The van der Waals surface area contributed by atoms with Gasteiger partial charge < -0.3 is 14.2 Å². The van der Waals surface area contributed by atoms with Gasteiger partial charge in [0, 0.05) is 23.7 Å². The first-order valence-corrected chi connectivity index (χ1v) is 10.9. The molecule has 6 heteroatoms. The Morgan fingerprint density at radius 3 is 2.83 bits per heavy atom. The minimum Gasteiger partial charge on any atom is -0.465 e. The molecule has 4 bridgehead atoms. The molecular weight excluding hydrogens is 372 g/mol. The monoisotopic (exact) mass is 400 g/mol. The summed E-state index contributed by atoms with van der Waals surface area (Å²) in [6.45, 7) is 8.58. The van der Waals surface area contributed by atoms with Gasteiger partial charge in [-0.05, 0) is 55.4 Å². The van der Waals surface area contributed by atoms with Crippen LogP contribution in [0.2, 0.25) is 0 Å². The first-order valence-electron chi connectivity index (χ1n) is 10.9. The summed E-state index contributed by atoms with van der Waals surface area (Å²) < 4.78 is 18.0. The fourth-order valence-corrected chi connectivity index (χ4v) is 8.78. The third kappa shape index (κ3) is 1.86. The molecule has 4 saturated carbocycles. The minimum absolute atomic E-state index is 0.0510. The van der Waals surface area contributed by atoms with Crippen molar-refractivity contribution in [2.45, 2.75) is 58.2 Å². The van der Waals surface area contributed by atoms with Crippen LogP contribution in [0.1, 0.15) is 46.0 Å². The van der Waals surface area contributed by atoms with E-state index in [4.69, 9.17) is 14.2 Å². The maximum absolute atomic E-state index is 13.4. The van der Waals surface area contributed by atoms with E-state index in [1.54, 1.807) is 0 Å². The second-order valence-corrected chi connectivity index (χ2v) is 10.7. The normalized spacial score (nSPS) is 54.1. The molecule has 0 radical (unpaired) electrons. The zero-order chi connectivity index (χ0) is 20.3. The molecule has 2 saturated heterocycles. The van der Waals surface area contributed by atoms with Gasteiger partial charge in [0.1, 0.15) is 11.5 Å². The van der Waals surface area contributed by atoms with Gasteiger partial charge in [-0.25, -0.2) is 0 Å². The molecule has 6 aliphatic rings. The number of hydrogen-bond donors (Lipinski definition) is 0. The molecule has 2 spiro atoms. The maximum atomic E-state index is 13.4. The molecule has 6 rings (SSSR count). The molecule has 29 heavy (non-hydrogen) atoms. The number of allylic oxidation sites excluding steroid dienone is 1. The van der Waals surface area contributed by atoms with Crippen LogP contribution >= 0.6 is 0 Å². The lowest BCUT2D eigenvalue weighted by atomic mass is 9.38. The van der Waals surface area contributed by atoms with E-state index in [1.807, 2.05) is 0 Å². The molecule has 156 valence electrons. The fraction of sp³-hybridized carbons (Fsp3) is 0.783. The van der Waals surface area contributed by atoms with Crippen molar-refractivity contribution in [3.63, 3.8) is 0 Å². The van der Waals surface area contributed by atoms with E-state index in [1.165, 1.54) is 6.92 Å². The highest BCUT2D eigenvalue weighted by Crippen LogP contribution is 2.75. The second-order valence-electron chi connectivity index (χ2n) is 10.7. The maximum Gasteiger partial charge on any atom is 0.320 e. The van der Waals surface area contributed by atoms with Gasteiger partial charge in [-0.1, -0.05) is 13.5 Å². The summed E-state index contributed by atoms with van der Waals surface area (Å²) in [7, 11) is 0. The van der Waals surface area contributed by atoms with Crippen LogP contribution < -0.4 is 0 Å². The topological polar surface area (TPSA) is 78.9 Å². The molecule has 6 fully saturated rings. The highest BCUT2D eigenvalue weighted by atomic mass is 16.6. The Kier molecular flexibility index (Phi) is 3.32. The van der Waals surface area contributed by atoms with Crippen LogP contribution in [0, 0.1) is 39.9 Å². The standard InChI is InChI=1S/C23H28O6/c1-11-14-6-13-7-15-18-21(3,9-27-12(2)24)5-4-16-23(18,10-28-15)17(13)22(8-14,19(11)25)20(26)29-16/h13-18H,1,4-10H2,2-3H3/t13-,14+,15-,16-,17+,18+,21-,22-,23-/m0/s1. The lowest BCUT2D eigenvalue weighted by Gasteiger charge is -2.66. The summed E-state index contributed by atoms with van der Waals surface area (Å²) in [4.78, 5) is 38.4. The first-order chi connectivity index (χ1) is 13.7. The van der Waals surface area contributed by atoms with E-state index in [0.717, 1.165) is 25.7 Å². The third-order valence-corrected chi connectivity index (χ3v) is 9.51. The SMILES string of the molecule is C=C1C(=O)[C@@]23C[C@H]1C[C@H]1C[C@@H]4OC[C@]5([C@H](CC[C@@](C)(COC(C)=O)[C@@H]45)OC2=O)[C@H]13. The predicted molar refractivity (Wildman–Crippen MR) is 100 cm³/mol. The van der Waals surface area contributed by atoms with Crippen molar-refractivity contribution in [3.05, 3.63) is 12.2 Å². The molecule has 9 atom stereocenters. The summed E-state index contributed by atoms with van der Waals surface area (Å²) >= 11 is 0.